The van der Waals surface area contributed by atoms with Crippen LogP contribution in [0.15, 0.2) is 29.2 Å². The van der Waals surface area contributed by atoms with Gasteiger partial charge in [0.2, 0.25) is 10.0 Å². The average molecular weight is 255 g/mol. The van der Waals surface area contributed by atoms with Gasteiger partial charge in [0.25, 0.3) is 0 Å². The normalized spacial score (nSPS) is 12.1. The predicted octanol–water partition coefficient (Wildman–Crippen LogP) is 1.92. The first-order chi connectivity index (χ1) is 7.76. The zero-order valence-corrected chi connectivity index (χ0v) is 11.3. The third-order valence-electron chi connectivity index (χ3n) is 2.64. The van der Waals surface area contributed by atoms with Crippen molar-refractivity contribution in [2.24, 2.45) is 0 Å². The van der Waals surface area contributed by atoms with Crippen molar-refractivity contribution in [3.63, 3.8) is 0 Å². The van der Waals surface area contributed by atoms with Gasteiger partial charge in [-0.3, -0.25) is 4.79 Å². The van der Waals surface area contributed by atoms with Crippen molar-refractivity contribution in [2.75, 3.05) is 7.05 Å². The Morgan fingerprint density at radius 3 is 2.35 bits per heavy atom. The number of carbonyl (C=O) groups is 1. The van der Waals surface area contributed by atoms with Gasteiger partial charge in [-0.25, -0.2) is 8.42 Å². The Hall–Kier alpha value is -1.20. The van der Waals surface area contributed by atoms with E-state index in [1.54, 1.807) is 26.0 Å². The van der Waals surface area contributed by atoms with E-state index in [2.05, 4.69) is 0 Å². The molecule has 0 aliphatic heterocycles. The summed E-state index contributed by atoms with van der Waals surface area (Å²) in [5, 5.41) is 0. The lowest BCUT2D eigenvalue weighted by Crippen LogP contribution is -2.33. The van der Waals surface area contributed by atoms with Crippen LogP contribution in [0.2, 0.25) is 0 Å². The van der Waals surface area contributed by atoms with Gasteiger partial charge in [-0.05, 0) is 32.9 Å². The lowest BCUT2D eigenvalue weighted by atomic mass is 10.2. The van der Waals surface area contributed by atoms with Crippen molar-refractivity contribution in [2.45, 2.75) is 31.7 Å². The van der Waals surface area contributed by atoms with Crippen LogP contribution in [-0.4, -0.2) is 31.6 Å². The highest BCUT2D eigenvalue weighted by Gasteiger charge is 2.23. The average Bonchev–Trinajstić information content (AvgIpc) is 2.28. The van der Waals surface area contributed by atoms with E-state index in [9.17, 15) is 13.2 Å². The van der Waals surface area contributed by atoms with E-state index >= 15 is 0 Å². The van der Waals surface area contributed by atoms with Crippen LogP contribution in [0.4, 0.5) is 0 Å². The fraction of sp³-hybridized carbons (Fsp3) is 0.417. The van der Waals surface area contributed by atoms with Gasteiger partial charge in [0, 0.05) is 18.7 Å². The van der Waals surface area contributed by atoms with Crippen molar-refractivity contribution in [1.29, 1.82) is 0 Å². The van der Waals surface area contributed by atoms with E-state index in [1.807, 2.05) is 0 Å². The van der Waals surface area contributed by atoms with E-state index in [4.69, 9.17) is 0 Å². The third kappa shape index (κ3) is 2.92. The molecule has 1 rings (SSSR count). The number of rotatable bonds is 4. The number of sulfonamides is 1. The molecule has 4 nitrogen and oxygen atoms in total. The maximum absolute atomic E-state index is 12.2. The maximum Gasteiger partial charge on any atom is 0.243 e. The van der Waals surface area contributed by atoms with Crippen LogP contribution >= 0.6 is 0 Å². The Morgan fingerprint density at radius 2 is 1.88 bits per heavy atom. The topological polar surface area (TPSA) is 54.5 Å². The van der Waals surface area contributed by atoms with Crippen LogP contribution < -0.4 is 0 Å². The summed E-state index contributed by atoms with van der Waals surface area (Å²) in [5.41, 5.74) is 0.406. The minimum atomic E-state index is -3.51. The second kappa shape index (κ2) is 4.98. The first-order valence-electron chi connectivity index (χ1n) is 5.36. The molecule has 94 valence electrons. The monoisotopic (exact) mass is 255 g/mol. The molecule has 0 N–H and O–H groups in total. The molecule has 0 aliphatic carbocycles. The van der Waals surface area contributed by atoms with Crippen LogP contribution in [-0.2, 0) is 10.0 Å². The van der Waals surface area contributed by atoms with Gasteiger partial charge in [0.1, 0.15) is 0 Å². The van der Waals surface area contributed by atoms with Crippen molar-refractivity contribution in [1.82, 2.24) is 4.31 Å². The van der Waals surface area contributed by atoms with Crippen LogP contribution in [0.1, 0.15) is 31.1 Å². The standard InChI is InChI=1S/C12H17NO3S/c1-9(2)13(4)17(15,16)12-7-5-6-11(8-12)10(3)14/h5-9H,1-4H3. The summed E-state index contributed by atoms with van der Waals surface area (Å²) < 4.78 is 25.6. The molecule has 0 aromatic heterocycles. The molecule has 0 heterocycles. The highest BCUT2D eigenvalue weighted by atomic mass is 32.2. The number of carbonyl (C=O) groups excluding carboxylic acids is 1. The lowest BCUT2D eigenvalue weighted by Gasteiger charge is -2.21. The smallest absolute Gasteiger partial charge is 0.243 e. The largest absolute Gasteiger partial charge is 0.295 e. The van der Waals surface area contributed by atoms with Crippen LogP contribution in [0.25, 0.3) is 0 Å². The second-order valence-electron chi connectivity index (χ2n) is 4.20. The van der Waals surface area contributed by atoms with Gasteiger partial charge < -0.3 is 0 Å². The molecule has 0 bridgehead atoms. The SMILES string of the molecule is CC(=O)c1cccc(S(=O)(=O)N(C)C(C)C)c1. The molecule has 0 aliphatic rings. The molecule has 1 aromatic carbocycles. The Kier molecular flexibility index (Phi) is 4.06. The fourth-order valence-electron chi connectivity index (χ4n) is 1.32. The molecule has 0 spiro atoms. The highest BCUT2D eigenvalue weighted by Crippen LogP contribution is 2.17. The summed E-state index contributed by atoms with van der Waals surface area (Å²) in [7, 11) is -1.98. The first kappa shape index (κ1) is 13.9. The van der Waals surface area contributed by atoms with Gasteiger partial charge in [0.05, 0.1) is 4.90 Å². The quantitative estimate of drug-likeness (QED) is 0.772. The minimum absolute atomic E-state index is 0.124. The number of hydrogen-bond donors (Lipinski definition) is 0. The lowest BCUT2D eigenvalue weighted by molar-refractivity contribution is 0.101. The molecule has 0 atom stereocenters. The predicted molar refractivity (Wildman–Crippen MR) is 66.5 cm³/mol. The summed E-state index contributed by atoms with van der Waals surface area (Å²) in [6, 6.07) is 5.98. The van der Waals surface area contributed by atoms with Crippen molar-refractivity contribution >= 4 is 15.8 Å². The molecule has 0 saturated carbocycles. The van der Waals surface area contributed by atoms with Crippen molar-refractivity contribution < 1.29 is 13.2 Å². The number of hydrogen-bond acceptors (Lipinski definition) is 3. The number of Topliss-reactive ketones (excluding diaryl/α,β-unsaturated/α-hetero) is 1. The van der Waals surface area contributed by atoms with Gasteiger partial charge >= 0.3 is 0 Å². The highest BCUT2D eigenvalue weighted by molar-refractivity contribution is 7.89. The summed E-state index contributed by atoms with van der Waals surface area (Å²) >= 11 is 0. The van der Waals surface area contributed by atoms with E-state index in [1.165, 1.54) is 30.4 Å². The van der Waals surface area contributed by atoms with Crippen molar-refractivity contribution in [3.05, 3.63) is 29.8 Å². The molecule has 0 radical (unpaired) electrons. The van der Waals surface area contributed by atoms with Crippen LogP contribution in [0.3, 0.4) is 0 Å². The summed E-state index contributed by atoms with van der Waals surface area (Å²) in [6.45, 7) is 5.01. The first-order valence-corrected chi connectivity index (χ1v) is 6.80. The van der Waals surface area contributed by atoms with Gasteiger partial charge in [-0.15, -0.1) is 0 Å². The second-order valence-corrected chi connectivity index (χ2v) is 6.20. The zero-order valence-electron chi connectivity index (χ0n) is 10.5. The van der Waals surface area contributed by atoms with Crippen LogP contribution in [0, 0.1) is 0 Å². The van der Waals surface area contributed by atoms with Gasteiger partial charge in [0.15, 0.2) is 5.78 Å². The number of nitrogens with zero attached hydrogens (tertiary/aromatic N) is 1. The van der Waals surface area contributed by atoms with Gasteiger partial charge in [-0.1, -0.05) is 12.1 Å². The molecule has 0 unspecified atom stereocenters. The minimum Gasteiger partial charge on any atom is -0.295 e. The summed E-state index contributed by atoms with van der Waals surface area (Å²) in [4.78, 5) is 11.4. The van der Waals surface area contributed by atoms with Crippen molar-refractivity contribution in [3.8, 4) is 0 Å². The molecule has 1 aromatic rings. The molecule has 5 heteroatoms. The molecule has 0 amide bonds. The third-order valence-corrected chi connectivity index (χ3v) is 4.67. The Balaban J connectivity index is 3.25. The number of ketones is 1. The molecule has 0 fully saturated rings. The molecular formula is C12H17NO3S. The maximum atomic E-state index is 12.2. The summed E-state index contributed by atoms with van der Waals surface area (Å²) in [5.74, 6) is -0.144. The zero-order chi connectivity index (χ0) is 13.2. The molecular weight excluding hydrogens is 238 g/mol. The number of benzene rings is 1. The fourth-order valence-corrected chi connectivity index (χ4v) is 2.73. The van der Waals surface area contributed by atoms with E-state index < -0.39 is 10.0 Å². The van der Waals surface area contributed by atoms with E-state index in [0.717, 1.165) is 0 Å². The molecule has 17 heavy (non-hydrogen) atoms. The summed E-state index contributed by atoms with van der Waals surface area (Å²) in [6.07, 6.45) is 0. The molecule has 0 saturated heterocycles. The van der Waals surface area contributed by atoms with Crippen LogP contribution in [0.5, 0.6) is 0 Å². The van der Waals surface area contributed by atoms with E-state index in [0.29, 0.717) is 5.56 Å². The Bertz CT molecular complexity index is 520. The Labute approximate surface area is 102 Å². The van der Waals surface area contributed by atoms with Gasteiger partial charge in [-0.2, -0.15) is 4.31 Å². The van der Waals surface area contributed by atoms with E-state index in [-0.39, 0.29) is 16.7 Å². The Morgan fingerprint density at radius 1 is 1.29 bits per heavy atom.